The molecule has 0 heterocycles. The zero-order valence-electron chi connectivity index (χ0n) is 8.95. The van der Waals surface area contributed by atoms with Gasteiger partial charge < -0.3 is 0 Å². The van der Waals surface area contributed by atoms with Gasteiger partial charge in [-0.15, -0.1) is 0 Å². The highest BCUT2D eigenvalue weighted by Gasteiger charge is 1.80. The van der Waals surface area contributed by atoms with Crippen molar-refractivity contribution in [3.05, 3.63) is 36.5 Å². The summed E-state index contributed by atoms with van der Waals surface area (Å²) in [7, 11) is 0. The molecule has 0 rings (SSSR count). The van der Waals surface area contributed by atoms with Gasteiger partial charge in [-0.2, -0.15) is 5.26 Å². The molecule has 0 saturated heterocycles. The Bertz CT molecular complexity index is 228. The number of rotatable bonds is 7. The summed E-state index contributed by atoms with van der Waals surface area (Å²) in [4.78, 5) is 0. The third-order valence-electron chi connectivity index (χ3n) is 1.77. The Hall–Kier alpha value is -1.29. The van der Waals surface area contributed by atoms with Crippen LogP contribution < -0.4 is 0 Å². The lowest BCUT2D eigenvalue weighted by Gasteiger charge is -1.86. The van der Waals surface area contributed by atoms with Crippen LogP contribution in [0.1, 0.15) is 39.0 Å². The second-order valence-electron chi connectivity index (χ2n) is 3.03. The van der Waals surface area contributed by atoms with Crippen molar-refractivity contribution >= 4 is 0 Å². The fourth-order valence-electron chi connectivity index (χ4n) is 0.999. The van der Waals surface area contributed by atoms with Gasteiger partial charge in [-0.05, 0) is 32.6 Å². The third-order valence-corrected chi connectivity index (χ3v) is 1.77. The minimum atomic E-state index is 0.668. The first-order valence-corrected chi connectivity index (χ1v) is 5.20. The first-order chi connectivity index (χ1) is 6.91. The number of unbranched alkanes of at least 4 members (excludes halogenated alkanes) is 2. The minimum absolute atomic E-state index is 0.668. The molecule has 0 fully saturated rings. The third kappa shape index (κ3) is 10.7. The monoisotopic (exact) mass is 189 g/mol. The lowest BCUT2D eigenvalue weighted by Crippen LogP contribution is -1.68. The van der Waals surface area contributed by atoms with E-state index in [0.717, 1.165) is 25.7 Å². The molecule has 0 aromatic heterocycles. The summed E-state index contributed by atoms with van der Waals surface area (Å²) in [5.41, 5.74) is 0. The number of hydrogen-bond acceptors (Lipinski definition) is 1. The Labute approximate surface area is 87.4 Å². The van der Waals surface area contributed by atoms with Crippen molar-refractivity contribution < 1.29 is 0 Å². The van der Waals surface area contributed by atoms with Crippen molar-refractivity contribution in [3.63, 3.8) is 0 Å². The van der Waals surface area contributed by atoms with Crippen molar-refractivity contribution in [2.24, 2.45) is 0 Å². The lowest BCUT2D eigenvalue weighted by atomic mass is 10.2. The van der Waals surface area contributed by atoms with Crippen LogP contribution in [0.2, 0.25) is 0 Å². The molecule has 0 radical (unpaired) electrons. The zero-order chi connectivity index (χ0) is 10.5. The van der Waals surface area contributed by atoms with Gasteiger partial charge in [-0.25, -0.2) is 0 Å². The van der Waals surface area contributed by atoms with E-state index in [4.69, 9.17) is 5.26 Å². The summed E-state index contributed by atoms with van der Waals surface area (Å²) in [6.07, 6.45) is 17.5. The minimum Gasteiger partial charge on any atom is -0.198 e. The average molecular weight is 189 g/mol. The topological polar surface area (TPSA) is 23.8 Å². The van der Waals surface area contributed by atoms with E-state index in [2.05, 4.69) is 42.5 Å². The summed E-state index contributed by atoms with van der Waals surface area (Å²) >= 11 is 0. The first-order valence-electron chi connectivity index (χ1n) is 5.20. The molecule has 0 spiro atoms. The predicted molar refractivity (Wildman–Crippen MR) is 61.8 cm³/mol. The molecule has 0 saturated carbocycles. The first kappa shape index (κ1) is 12.7. The van der Waals surface area contributed by atoms with Crippen LogP contribution in [0, 0.1) is 11.3 Å². The van der Waals surface area contributed by atoms with Crippen LogP contribution in [0.25, 0.3) is 0 Å². The smallest absolute Gasteiger partial charge is 0.0621 e. The largest absolute Gasteiger partial charge is 0.198 e. The van der Waals surface area contributed by atoms with Crippen LogP contribution in [0.5, 0.6) is 0 Å². The van der Waals surface area contributed by atoms with Gasteiger partial charge in [0.05, 0.1) is 6.07 Å². The van der Waals surface area contributed by atoms with Crippen LogP contribution in [-0.2, 0) is 0 Å². The summed E-state index contributed by atoms with van der Waals surface area (Å²) in [5, 5.41) is 8.30. The van der Waals surface area contributed by atoms with E-state index in [1.165, 1.54) is 0 Å². The summed E-state index contributed by atoms with van der Waals surface area (Å²) in [6.45, 7) is 2.03. The second-order valence-corrected chi connectivity index (χ2v) is 3.03. The molecule has 0 N–H and O–H groups in total. The van der Waals surface area contributed by atoms with Crippen molar-refractivity contribution in [3.8, 4) is 6.07 Å². The van der Waals surface area contributed by atoms with Crippen molar-refractivity contribution in [1.82, 2.24) is 0 Å². The van der Waals surface area contributed by atoms with Crippen LogP contribution >= 0.6 is 0 Å². The van der Waals surface area contributed by atoms with E-state index in [1.54, 1.807) is 0 Å². The highest BCUT2D eigenvalue weighted by molar-refractivity contribution is 4.96. The number of hydrogen-bond donors (Lipinski definition) is 0. The fourth-order valence-corrected chi connectivity index (χ4v) is 0.999. The van der Waals surface area contributed by atoms with Crippen LogP contribution in [0.4, 0.5) is 0 Å². The molecule has 0 aliphatic heterocycles. The van der Waals surface area contributed by atoms with Crippen LogP contribution in [-0.4, -0.2) is 0 Å². The fraction of sp³-hybridized carbons (Fsp3) is 0.462. The molecule has 76 valence electrons. The van der Waals surface area contributed by atoms with Gasteiger partial charge in [0.15, 0.2) is 0 Å². The second kappa shape index (κ2) is 11.7. The van der Waals surface area contributed by atoms with E-state index in [-0.39, 0.29) is 0 Å². The number of nitriles is 1. The Morgan fingerprint density at radius 3 is 2.29 bits per heavy atom. The molecule has 1 nitrogen and oxygen atoms in total. The van der Waals surface area contributed by atoms with Crippen molar-refractivity contribution in [2.45, 2.75) is 39.0 Å². The van der Waals surface area contributed by atoms with Gasteiger partial charge in [0.2, 0.25) is 0 Å². The molecule has 0 aliphatic carbocycles. The average Bonchev–Trinajstić information content (AvgIpc) is 2.21. The van der Waals surface area contributed by atoms with E-state index in [9.17, 15) is 0 Å². The molecular weight excluding hydrogens is 170 g/mol. The van der Waals surface area contributed by atoms with E-state index >= 15 is 0 Å². The summed E-state index contributed by atoms with van der Waals surface area (Å²) in [5.74, 6) is 0. The van der Waals surface area contributed by atoms with E-state index in [1.807, 2.05) is 6.92 Å². The maximum absolute atomic E-state index is 8.30. The van der Waals surface area contributed by atoms with Gasteiger partial charge in [0, 0.05) is 6.42 Å². The van der Waals surface area contributed by atoms with Gasteiger partial charge in [0.1, 0.15) is 0 Å². The molecule has 0 amide bonds. The Kier molecular flexibility index (Phi) is 10.6. The van der Waals surface area contributed by atoms with E-state index < -0.39 is 0 Å². The maximum atomic E-state index is 8.30. The van der Waals surface area contributed by atoms with Gasteiger partial charge in [0.25, 0.3) is 0 Å². The highest BCUT2D eigenvalue weighted by atomic mass is 14.2. The predicted octanol–water partition coefficient (Wildman–Crippen LogP) is 4.15. The lowest BCUT2D eigenvalue weighted by molar-refractivity contribution is 0.874. The van der Waals surface area contributed by atoms with Crippen molar-refractivity contribution in [1.29, 1.82) is 5.26 Å². The Morgan fingerprint density at radius 1 is 1.00 bits per heavy atom. The quantitative estimate of drug-likeness (QED) is 0.436. The zero-order valence-corrected chi connectivity index (χ0v) is 8.95. The highest BCUT2D eigenvalue weighted by Crippen LogP contribution is 1.97. The van der Waals surface area contributed by atoms with Crippen LogP contribution in [0.15, 0.2) is 36.5 Å². The molecule has 0 aromatic carbocycles. The SMILES string of the molecule is C/C=C/C/C=C/C/C=C/CCCC#N. The van der Waals surface area contributed by atoms with Gasteiger partial charge >= 0.3 is 0 Å². The standard InChI is InChI=1S/C13H19N/c1-2-3-4-5-6-7-8-9-10-11-12-13-14/h2-3,5-6,8-9H,4,7,10-12H2,1H3/b3-2+,6-5+,9-8+. The number of allylic oxidation sites excluding steroid dienone is 6. The van der Waals surface area contributed by atoms with Crippen molar-refractivity contribution in [2.75, 3.05) is 0 Å². The molecule has 1 heteroatoms. The van der Waals surface area contributed by atoms with Gasteiger partial charge in [-0.3, -0.25) is 0 Å². The molecule has 0 aliphatic rings. The molecule has 0 unspecified atom stereocenters. The Balaban J connectivity index is 3.26. The molecule has 0 bridgehead atoms. The molecular formula is C13H19N. The molecule has 0 atom stereocenters. The Morgan fingerprint density at radius 2 is 1.64 bits per heavy atom. The van der Waals surface area contributed by atoms with Crippen LogP contribution in [0.3, 0.4) is 0 Å². The summed E-state index contributed by atoms with van der Waals surface area (Å²) in [6, 6.07) is 2.14. The van der Waals surface area contributed by atoms with E-state index in [0.29, 0.717) is 6.42 Å². The summed E-state index contributed by atoms with van der Waals surface area (Å²) < 4.78 is 0. The van der Waals surface area contributed by atoms with Gasteiger partial charge in [-0.1, -0.05) is 36.5 Å². The molecule has 14 heavy (non-hydrogen) atoms. The molecule has 0 aromatic rings. The maximum Gasteiger partial charge on any atom is 0.0621 e. The normalized spacial score (nSPS) is 11.7. The number of nitrogens with zero attached hydrogens (tertiary/aromatic N) is 1.